The molecule has 2 amide bonds. The van der Waals surface area contributed by atoms with Crippen LogP contribution < -0.4 is 15.2 Å². The largest absolute Gasteiger partial charge is 0.273 e. The van der Waals surface area contributed by atoms with Gasteiger partial charge in [-0.25, -0.2) is 8.42 Å². The average Bonchev–Trinajstić information content (AvgIpc) is 2.82. The van der Waals surface area contributed by atoms with Crippen LogP contribution in [-0.2, 0) is 19.6 Å². The lowest BCUT2D eigenvalue weighted by molar-refractivity contribution is -0.128. The van der Waals surface area contributed by atoms with Gasteiger partial charge in [-0.3, -0.25) is 24.7 Å². The molecule has 0 aliphatic carbocycles. The number of hydrogen-bond donors (Lipinski definition) is 2. The third-order valence-electron chi connectivity index (χ3n) is 4.07. The topological polar surface area (TPSA) is 95.6 Å². The Labute approximate surface area is 146 Å². The smallest absolute Gasteiger partial charge is 0.265 e. The highest BCUT2D eigenvalue weighted by Gasteiger charge is 2.36. The number of hydrogen-bond acceptors (Lipinski definition) is 4. The number of sulfonamides is 1. The molecule has 0 saturated heterocycles. The summed E-state index contributed by atoms with van der Waals surface area (Å²) >= 11 is 0. The van der Waals surface area contributed by atoms with Crippen molar-refractivity contribution in [1.82, 2.24) is 10.9 Å². The zero-order valence-corrected chi connectivity index (χ0v) is 14.6. The second kappa shape index (κ2) is 6.72. The molecule has 0 fully saturated rings. The number of amides is 2. The zero-order valence-electron chi connectivity index (χ0n) is 13.8. The van der Waals surface area contributed by atoms with Crippen LogP contribution in [0.4, 0.5) is 5.69 Å². The van der Waals surface area contributed by atoms with Crippen LogP contribution in [0.15, 0.2) is 41.3 Å². The lowest BCUT2D eigenvalue weighted by atomic mass is 10.1. The molecule has 2 aromatic rings. The van der Waals surface area contributed by atoms with Gasteiger partial charge >= 0.3 is 0 Å². The maximum absolute atomic E-state index is 12.7. The molecular weight excluding hydrogens is 342 g/mol. The van der Waals surface area contributed by atoms with Crippen molar-refractivity contribution in [2.24, 2.45) is 0 Å². The molecule has 3 rings (SSSR count). The van der Waals surface area contributed by atoms with Crippen LogP contribution >= 0.6 is 0 Å². The van der Waals surface area contributed by atoms with Gasteiger partial charge in [0, 0.05) is 11.8 Å². The Balaban J connectivity index is 1.77. The van der Waals surface area contributed by atoms with Crippen molar-refractivity contribution in [2.75, 3.05) is 10.8 Å². The first-order chi connectivity index (χ1) is 11.9. The molecule has 0 spiro atoms. The SMILES string of the molecule is CCCCC(=O)NNC(=O)CN1c2cccc3cccc(c23)S1(=O)=O. The third kappa shape index (κ3) is 3.17. The monoisotopic (exact) mass is 361 g/mol. The predicted molar refractivity (Wildman–Crippen MR) is 94.3 cm³/mol. The minimum absolute atomic E-state index is 0.195. The number of nitrogens with zero attached hydrogens (tertiary/aromatic N) is 1. The van der Waals surface area contributed by atoms with E-state index in [1.807, 2.05) is 19.1 Å². The summed E-state index contributed by atoms with van der Waals surface area (Å²) < 4.78 is 26.5. The molecule has 0 saturated carbocycles. The molecule has 2 N–H and O–H groups in total. The van der Waals surface area contributed by atoms with Crippen LogP contribution in [0.5, 0.6) is 0 Å². The quantitative estimate of drug-likeness (QED) is 0.792. The van der Waals surface area contributed by atoms with Crippen molar-refractivity contribution in [3.8, 4) is 0 Å². The van der Waals surface area contributed by atoms with E-state index in [9.17, 15) is 18.0 Å². The fourth-order valence-electron chi connectivity index (χ4n) is 2.84. The average molecular weight is 361 g/mol. The molecule has 1 heterocycles. The highest BCUT2D eigenvalue weighted by molar-refractivity contribution is 7.93. The van der Waals surface area contributed by atoms with Crippen LogP contribution in [-0.4, -0.2) is 26.8 Å². The molecule has 7 nitrogen and oxygen atoms in total. The summed E-state index contributed by atoms with van der Waals surface area (Å²) in [5.41, 5.74) is 5.05. The van der Waals surface area contributed by atoms with E-state index in [0.717, 1.165) is 22.5 Å². The molecule has 0 atom stereocenters. The number of benzene rings is 2. The summed E-state index contributed by atoms with van der Waals surface area (Å²) in [5, 5.41) is 1.42. The van der Waals surface area contributed by atoms with Gasteiger partial charge in [0.2, 0.25) is 5.91 Å². The summed E-state index contributed by atoms with van der Waals surface area (Å²) in [7, 11) is -3.79. The van der Waals surface area contributed by atoms with Crippen LogP contribution in [0.25, 0.3) is 10.8 Å². The molecule has 2 aromatic carbocycles. The number of rotatable bonds is 5. The van der Waals surface area contributed by atoms with E-state index < -0.39 is 22.5 Å². The van der Waals surface area contributed by atoms with Gasteiger partial charge in [-0.1, -0.05) is 37.6 Å². The van der Waals surface area contributed by atoms with E-state index in [4.69, 9.17) is 0 Å². The molecule has 8 heteroatoms. The predicted octanol–water partition coefficient (Wildman–Crippen LogP) is 1.69. The molecule has 0 bridgehead atoms. The van der Waals surface area contributed by atoms with Gasteiger partial charge in [-0.15, -0.1) is 0 Å². The van der Waals surface area contributed by atoms with E-state index in [1.54, 1.807) is 18.2 Å². The van der Waals surface area contributed by atoms with Gasteiger partial charge in [-0.05, 0) is 23.9 Å². The number of carbonyl (C=O) groups excluding carboxylic acids is 2. The van der Waals surface area contributed by atoms with E-state index in [0.29, 0.717) is 17.5 Å². The van der Waals surface area contributed by atoms with E-state index in [1.165, 1.54) is 6.07 Å². The summed E-state index contributed by atoms with van der Waals surface area (Å²) in [6, 6.07) is 10.3. The lowest BCUT2D eigenvalue weighted by Gasteiger charge is -2.18. The van der Waals surface area contributed by atoms with Gasteiger partial charge < -0.3 is 0 Å². The number of hydrazine groups is 1. The number of carbonyl (C=O) groups is 2. The van der Waals surface area contributed by atoms with Gasteiger partial charge in [0.1, 0.15) is 6.54 Å². The highest BCUT2D eigenvalue weighted by atomic mass is 32.2. The fraction of sp³-hybridized carbons (Fsp3) is 0.294. The van der Waals surface area contributed by atoms with Crippen molar-refractivity contribution in [2.45, 2.75) is 31.1 Å². The summed E-state index contributed by atoms with van der Waals surface area (Å²) in [5.74, 6) is -0.900. The Kier molecular flexibility index (Phi) is 4.63. The standard InChI is InChI=1S/C17H19N3O4S/c1-2-3-10-15(21)18-19-16(22)11-20-13-8-4-6-12-7-5-9-14(17(12)13)25(20,23)24/h4-9H,2-3,10-11H2,1H3,(H,18,21)(H,19,22). The van der Waals surface area contributed by atoms with Crippen LogP contribution in [0, 0.1) is 0 Å². The first-order valence-electron chi connectivity index (χ1n) is 8.07. The Morgan fingerprint density at radius 3 is 2.44 bits per heavy atom. The van der Waals surface area contributed by atoms with E-state index in [2.05, 4.69) is 10.9 Å². The number of anilines is 1. The van der Waals surface area contributed by atoms with Gasteiger partial charge in [0.05, 0.1) is 10.6 Å². The first-order valence-corrected chi connectivity index (χ1v) is 9.51. The number of nitrogens with one attached hydrogen (secondary N) is 2. The van der Waals surface area contributed by atoms with Gasteiger partial charge in [0.25, 0.3) is 15.9 Å². The molecule has 0 aromatic heterocycles. The third-order valence-corrected chi connectivity index (χ3v) is 5.87. The second-order valence-corrected chi connectivity index (χ2v) is 7.67. The molecule has 132 valence electrons. The number of unbranched alkanes of at least 4 members (excludes halogenated alkanes) is 1. The highest BCUT2D eigenvalue weighted by Crippen LogP contribution is 2.41. The van der Waals surface area contributed by atoms with E-state index >= 15 is 0 Å². The molecule has 25 heavy (non-hydrogen) atoms. The van der Waals surface area contributed by atoms with Crippen LogP contribution in [0.2, 0.25) is 0 Å². The normalized spacial score (nSPS) is 14.5. The summed E-state index contributed by atoms with van der Waals surface area (Å²) in [6.07, 6.45) is 1.90. The van der Waals surface area contributed by atoms with Crippen molar-refractivity contribution in [3.05, 3.63) is 36.4 Å². The Hall–Kier alpha value is -2.61. The molecule has 0 unspecified atom stereocenters. The minimum Gasteiger partial charge on any atom is -0.273 e. The molecule has 1 aliphatic rings. The Morgan fingerprint density at radius 1 is 1.04 bits per heavy atom. The van der Waals surface area contributed by atoms with Crippen molar-refractivity contribution < 1.29 is 18.0 Å². The maximum Gasteiger partial charge on any atom is 0.265 e. The van der Waals surface area contributed by atoms with E-state index in [-0.39, 0.29) is 10.8 Å². The molecule has 0 radical (unpaired) electrons. The van der Waals surface area contributed by atoms with Crippen LogP contribution in [0.1, 0.15) is 26.2 Å². The Bertz CT molecular complexity index is 935. The molecular formula is C17H19N3O4S. The lowest BCUT2D eigenvalue weighted by Crippen LogP contribution is -2.47. The maximum atomic E-state index is 12.7. The zero-order chi connectivity index (χ0) is 18.0. The van der Waals surface area contributed by atoms with Crippen molar-refractivity contribution in [1.29, 1.82) is 0 Å². The van der Waals surface area contributed by atoms with Gasteiger partial charge in [-0.2, -0.15) is 0 Å². The minimum atomic E-state index is -3.79. The second-order valence-electron chi connectivity index (χ2n) is 5.84. The Morgan fingerprint density at radius 2 is 1.72 bits per heavy atom. The molecule has 1 aliphatic heterocycles. The summed E-state index contributed by atoms with van der Waals surface area (Å²) in [6.45, 7) is 1.56. The fourth-order valence-corrected chi connectivity index (χ4v) is 4.50. The first kappa shape index (κ1) is 17.2. The van der Waals surface area contributed by atoms with Gasteiger partial charge in [0.15, 0.2) is 0 Å². The summed E-state index contributed by atoms with van der Waals surface area (Å²) in [4.78, 5) is 23.8. The van der Waals surface area contributed by atoms with Crippen molar-refractivity contribution >= 4 is 38.3 Å². The van der Waals surface area contributed by atoms with Crippen molar-refractivity contribution in [3.63, 3.8) is 0 Å². The van der Waals surface area contributed by atoms with Crippen LogP contribution in [0.3, 0.4) is 0 Å².